The van der Waals surface area contributed by atoms with E-state index in [-0.39, 0.29) is 0 Å². The van der Waals surface area contributed by atoms with E-state index in [0.717, 1.165) is 28.1 Å². The van der Waals surface area contributed by atoms with E-state index in [4.69, 9.17) is 9.97 Å². The van der Waals surface area contributed by atoms with E-state index < -0.39 is 5.41 Å². The molecule has 0 saturated heterocycles. The first kappa shape index (κ1) is 34.0. The van der Waals surface area contributed by atoms with E-state index in [0.29, 0.717) is 5.82 Å². The Morgan fingerprint density at radius 1 is 0.295 bits per heavy atom. The van der Waals surface area contributed by atoms with Gasteiger partial charge < -0.3 is 0 Å². The predicted molar refractivity (Wildman–Crippen MR) is 253 cm³/mol. The third-order valence-electron chi connectivity index (χ3n) is 13.3. The Morgan fingerprint density at radius 3 is 1.67 bits per heavy atom. The molecule has 2 aliphatic carbocycles. The van der Waals surface area contributed by atoms with Crippen molar-refractivity contribution in [2.45, 2.75) is 5.41 Å². The Morgan fingerprint density at radius 2 is 0.885 bits per heavy atom. The molecule has 0 atom stereocenters. The van der Waals surface area contributed by atoms with Crippen molar-refractivity contribution in [2.24, 2.45) is 0 Å². The summed E-state index contributed by atoms with van der Waals surface area (Å²) in [7, 11) is 0. The fraction of sp³-hybridized carbons (Fsp3) is 0.0169. The summed E-state index contributed by atoms with van der Waals surface area (Å²) in [5.74, 6) is 0.715. The Balaban J connectivity index is 0.956. The molecule has 0 amide bonds. The lowest BCUT2D eigenvalue weighted by Crippen LogP contribution is -2.26. The Labute approximate surface area is 354 Å². The molecule has 282 valence electrons. The highest BCUT2D eigenvalue weighted by Crippen LogP contribution is 2.65. The molecule has 1 spiro atoms. The first-order valence-electron chi connectivity index (χ1n) is 21.1. The maximum Gasteiger partial charge on any atom is 0.160 e. The van der Waals surface area contributed by atoms with Crippen LogP contribution < -0.4 is 0 Å². The summed E-state index contributed by atoms with van der Waals surface area (Å²) in [6.07, 6.45) is 0. The fourth-order valence-corrected chi connectivity index (χ4v) is 10.7. The van der Waals surface area contributed by atoms with Crippen LogP contribution in [0.4, 0.5) is 0 Å². The zero-order valence-electron chi connectivity index (χ0n) is 33.2. The van der Waals surface area contributed by atoms with Crippen molar-refractivity contribution in [3.63, 3.8) is 0 Å². The van der Waals surface area contributed by atoms with Gasteiger partial charge in [0.1, 0.15) is 0 Å². The SMILES string of the molecule is c1ccc(-c2nc(-c3ccc(-c4ccc5c6c(ccc5c4)-c4c(ccc5ccccc45)C64c5ccccc5-c5ccccc54)cc3)cc(-c3cccc4ccccc34)n2)cc1. The van der Waals surface area contributed by atoms with Gasteiger partial charge in [-0.3, -0.25) is 0 Å². The second-order valence-electron chi connectivity index (χ2n) is 16.4. The fourth-order valence-electron chi connectivity index (χ4n) is 10.7. The monoisotopic (exact) mass is 772 g/mol. The van der Waals surface area contributed by atoms with E-state index in [1.54, 1.807) is 0 Å². The third-order valence-corrected chi connectivity index (χ3v) is 13.3. The lowest BCUT2D eigenvalue weighted by molar-refractivity contribution is 0.802. The molecule has 1 heterocycles. The van der Waals surface area contributed by atoms with Crippen molar-refractivity contribution in [1.29, 1.82) is 0 Å². The number of hydrogen-bond acceptors (Lipinski definition) is 2. The normalized spacial score (nSPS) is 13.0. The molecule has 0 radical (unpaired) electrons. The Hall–Kier alpha value is -7.94. The molecule has 10 aromatic carbocycles. The largest absolute Gasteiger partial charge is 0.228 e. The van der Waals surface area contributed by atoms with Crippen LogP contribution in [0.5, 0.6) is 0 Å². The van der Waals surface area contributed by atoms with Crippen molar-refractivity contribution in [3.8, 4) is 67.3 Å². The van der Waals surface area contributed by atoms with E-state index in [2.05, 4.69) is 200 Å². The van der Waals surface area contributed by atoms with E-state index in [1.807, 2.05) is 18.2 Å². The molecule has 0 N–H and O–H groups in total. The number of rotatable bonds is 4. The minimum Gasteiger partial charge on any atom is -0.228 e. The Bertz CT molecular complexity index is 3530. The number of fused-ring (bicyclic) bond motifs is 15. The highest BCUT2D eigenvalue weighted by molar-refractivity contribution is 6.11. The van der Waals surface area contributed by atoms with Crippen LogP contribution >= 0.6 is 0 Å². The van der Waals surface area contributed by atoms with E-state index in [9.17, 15) is 0 Å². The molecule has 11 aromatic rings. The molecule has 0 aliphatic heterocycles. The molecular weight excluding hydrogens is 737 g/mol. The topological polar surface area (TPSA) is 25.8 Å². The van der Waals surface area contributed by atoms with Gasteiger partial charge >= 0.3 is 0 Å². The van der Waals surface area contributed by atoms with Crippen molar-refractivity contribution in [1.82, 2.24) is 9.97 Å². The average Bonchev–Trinajstić information content (AvgIpc) is 3.81. The molecule has 0 bridgehead atoms. The first-order valence-corrected chi connectivity index (χ1v) is 21.1. The number of nitrogens with zero attached hydrogens (tertiary/aromatic N) is 2. The molecule has 0 unspecified atom stereocenters. The predicted octanol–water partition coefficient (Wildman–Crippen LogP) is 14.9. The lowest BCUT2D eigenvalue weighted by Gasteiger charge is -2.31. The van der Waals surface area contributed by atoms with Gasteiger partial charge in [0.25, 0.3) is 0 Å². The van der Waals surface area contributed by atoms with Gasteiger partial charge in [-0.15, -0.1) is 0 Å². The minimum atomic E-state index is -0.425. The molecule has 2 aliphatic rings. The summed E-state index contributed by atoms with van der Waals surface area (Å²) >= 11 is 0. The molecule has 0 saturated carbocycles. The number of hydrogen-bond donors (Lipinski definition) is 0. The smallest absolute Gasteiger partial charge is 0.160 e. The molecule has 2 nitrogen and oxygen atoms in total. The summed E-state index contributed by atoms with van der Waals surface area (Å²) in [4.78, 5) is 10.3. The summed E-state index contributed by atoms with van der Waals surface area (Å²) in [6.45, 7) is 0. The van der Waals surface area contributed by atoms with Crippen LogP contribution in [-0.2, 0) is 5.41 Å². The molecule has 0 fully saturated rings. The summed E-state index contributed by atoms with van der Waals surface area (Å²) in [5, 5.41) is 7.47. The van der Waals surface area contributed by atoms with Gasteiger partial charge in [-0.05, 0) is 100 Å². The van der Waals surface area contributed by atoms with Gasteiger partial charge in [0.05, 0.1) is 16.8 Å². The van der Waals surface area contributed by atoms with Crippen LogP contribution in [0.3, 0.4) is 0 Å². The molecule has 1 aromatic heterocycles. The van der Waals surface area contributed by atoms with E-state index >= 15 is 0 Å². The zero-order valence-corrected chi connectivity index (χ0v) is 33.2. The maximum atomic E-state index is 5.15. The standard InChI is InChI=1S/C59H36N2/c1-2-15-41(16-3-1)58-60-54(36-55(61-58)49-22-12-17-38-13-4-6-18-44(38)49)40-27-25-37(26-28-40)42-29-32-46-43(35-42)30-33-50-56-45-19-7-5-14-39(45)31-34-53(56)59(57(46)50)51-23-10-8-20-47(51)48-21-9-11-24-52(48)59/h1-36H. The quantitative estimate of drug-likeness (QED) is 0.178. The van der Waals surface area contributed by atoms with Gasteiger partial charge in [-0.2, -0.15) is 0 Å². The molecule has 61 heavy (non-hydrogen) atoms. The van der Waals surface area contributed by atoms with E-state index in [1.165, 1.54) is 88.0 Å². The highest BCUT2D eigenvalue weighted by atomic mass is 14.9. The van der Waals surface area contributed by atoms with Crippen LogP contribution in [0.15, 0.2) is 218 Å². The van der Waals surface area contributed by atoms with Gasteiger partial charge in [0.2, 0.25) is 0 Å². The average molecular weight is 773 g/mol. The van der Waals surface area contributed by atoms with Crippen molar-refractivity contribution in [3.05, 3.63) is 241 Å². The van der Waals surface area contributed by atoms with Gasteiger partial charge in [0, 0.05) is 16.7 Å². The second-order valence-corrected chi connectivity index (χ2v) is 16.4. The van der Waals surface area contributed by atoms with Crippen LogP contribution in [0.25, 0.3) is 99.6 Å². The van der Waals surface area contributed by atoms with Gasteiger partial charge in [0.15, 0.2) is 5.82 Å². The first-order chi connectivity index (χ1) is 30.2. The zero-order chi connectivity index (χ0) is 40.1. The van der Waals surface area contributed by atoms with Crippen molar-refractivity contribution < 1.29 is 0 Å². The van der Waals surface area contributed by atoms with Crippen LogP contribution in [-0.4, -0.2) is 9.97 Å². The van der Waals surface area contributed by atoms with Crippen LogP contribution in [0, 0.1) is 0 Å². The van der Waals surface area contributed by atoms with Crippen molar-refractivity contribution >= 4 is 32.3 Å². The lowest BCUT2D eigenvalue weighted by atomic mass is 9.69. The highest BCUT2D eigenvalue weighted by Gasteiger charge is 2.52. The van der Waals surface area contributed by atoms with Crippen LogP contribution in [0.2, 0.25) is 0 Å². The third kappa shape index (κ3) is 4.91. The molecular formula is C59H36N2. The summed E-state index contributed by atoms with van der Waals surface area (Å²) in [6, 6.07) is 79.8. The minimum absolute atomic E-state index is 0.425. The number of benzene rings is 10. The number of aromatic nitrogens is 2. The molecule has 2 heteroatoms. The summed E-state index contributed by atoms with van der Waals surface area (Å²) < 4.78 is 0. The van der Waals surface area contributed by atoms with Gasteiger partial charge in [-0.25, -0.2) is 9.97 Å². The van der Waals surface area contributed by atoms with Crippen molar-refractivity contribution in [2.75, 3.05) is 0 Å². The maximum absolute atomic E-state index is 5.15. The molecule has 13 rings (SSSR count). The van der Waals surface area contributed by atoms with Gasteiger partial charge in [-0.1, -0.05) is 206 Å². The second kappa shape index (κ2) is 13.0. The van der Waals surface area contributed by atoms with Crippen LogP contribution in [0.1, 0.15) is 22.3 Å². The Kier molecular flexibility index (Phi) is 7.26. The summed E-state index contributed by atoms with van der Waals surface area (Å²) in [5.41, 5.74) is 17.7.